The highest BCUT2D eigenvalue weighted by molar-refractivity contribution is 7.98. The van der Waals surface area contributed by atoms with Crippen LogP contribution in [0, 0.1) is 6.92 Å². The first kappa shape index (κ1) is 33.4. The van der Waals surface area contributed by atoms with Crippen LogP contribution in [0.25, 0.3) is 0 Å². The molecular weight excluding hydrogens is 595 g/mol. The maximum atomic E-state index is 14.4. The maximum Gasteiger partial charge on any atom is 0.264 e. The molecule has 1 unspecified atom stereocenters. The van der Waals surface area contributed by atoms with Crippen molar-refractivity contribution in [2.24, 2.45) is 0 Å². The number of para-hydroxylation sites is 2. The number of benzene rings is 3. The van der Waals surface area contributed by atoms with Crippen molar-refractivity contribution in [3.63, 3.8) is 0 Å². The van der Waals surface area contributed by atoms with E-state index in [-0.39, 0.29) is 29.1 Å². The van der Waals surface area contributed by atoms with Crippen LogP contribution in [0.1, 0.15) is 57.1 Å². The monoisotopic (exact) mass is 637 g/mol. The summed E-state index contributed by atoms with van der Waals surface area (Å²) in [7, 11) is -4.20. The van der Waals surface area contributed by atoms with Crippen molar-refractivity contribution in [1.29, 1.82) is 0 Å². The van der Waals surface area contributed by atoms with E-state index in [0.29, 0.717) is 18.8 Å². The molecule has 0 bridgehead atoms. The van der Waals surface area contributed by atoms with E-state index < -0.39 is 28.5 Å². The number of rotatable bonds is 14. The van der Waals surface area contributed by atoms with Gasteiger partial charge >= 0.3 is 0 Å². The van der Waals surface area contributed by atoms with Crippen LogP contribution in [0.4, 0.5) is 5.69 Å². The summed E-state index contributed by atoms with van der Waals surface area (Å²) in [4.78, 5) is 30.6. The van der Waals surface area contributed by atoms with E-state index in [2.05, 4.69) is 5.32 Å². The quantitative estimate of drug-likeness (QED) is 0.212. The van der Waals surface area contributed by atoms with E-state index in [0.717, 1.165) is 46.0 Å². The second-order valence-corrected chi connectivity index (χ2v) is 13.8. The number of sulfonamides is 1. The van der Waals surface area contributed by atoms with Crippen molar-refractivity contribution >= 4 is 39.3 Å². The molecule has 0 aliphatic heterocycles. The van der Waals surface area contributed by atoms with Crippen molar-refractivity contribution in [3.05, 3.63) is 83.9 Å². The number of amides is 2. The Hall–Kier alpha value is -3.50. The van der Waals surface area contributed by atoms with Crippen molar-refractivity contribution in [3.8, 4) is 5.75 Å². The molecule has 0 radical (unpaired) electrons. The van der Waals surface area contributed by atoms with Gasteiger partial charge in [-0.25, -0.2) is 8.42 Å². The van der Waals surface area contributed by atoms with E-state index in [1.54, 1.807) is 48.5 Å². The van der Waals surface area contributed by atoms with Gasteiger partial charge in [-0.1, -0.05) is 61.7 Å². The molecule has 1 aliphatic carbocycles. The molecule has 0 saturated heterocycles. The van der Waals surface area contributed by atoms with E-state index >= 15 is 0 Å². The summed E-state index contributed by atoms with van der Waals surface area (Å²) in [5.74, 6) is -0.337. The van der Waals surface area contributed by atoms with Gasteiger partial charge in [0.1, 0.15) is 18.3 Å². The molecule has 3 aromatic carbocycles. The van der Waals surface area contributed by atoms with Gasteiger partial charge in [0.15, 0.2) is 0 Å². The number of ether oxygens (including phenoxy) is 1. The summed E-state index contributed by atoms with van der Waals surface area (Å²) in [6, 6.07) is 20.5. The first-order valence-corrected chi connectivity index (χ1v) is 17.9. The third-order valence-electron chi connectivity index (χ3n) is 7.88. The van der Waals surface area contributed by atoms with E-state index in [1.165, 1.54) is 16.7 Å². The molecule has 44 heavy (non-hydrogen) atoms. The molecule has 0 spiro atoms. The van der Waals surface area contributed by atoms with Crippen LogP contribution in [-0.2, 0) is 26.2 Å². The van der Waals surface area contributed by atoms with Crippen LogP contribution in [0.3, 0.4) is 0 Å². The SMILES string of the molecule is CCOc1ccccc1N(CC(=O)N(Cc1cccc(C)c1)C(CC)C(=O)NC1CCCC1)S(=O)(=O)c1ccc(SC)cc1. The summed E-state index contributed by atoms with van der Waals surface area (Å²) in [5, 5.41) is 3.15. The van der Waals surface area contributed by atoms with Gasteiger partial charge in [-0.15, -0.1) is 11.8 Å². The number of hydrogen-bond donors (Lipinski definition) is 1. The van der Waals surface area contributed by atoms with Crippen molar-refractivity contribution in [2.45, 2.75) is 81.3 Å². The van der Waals surface area contributed by atoms with Crippen LogP contribution in [0.2, 0.25) is 0 Å². The molecule has 1 N–H and O–H groups in total. The van der Waals surface area contributed by atoms with Gasteiger partial charge in [0.25, 0.3) is 10.0 Å². The van der Waals surface area contributed by atoms with Gasteiger partial charge in [0.05, 0.1) is 17.2 Å². The molecule has 2 amide bonds. The molecule has 0 aromatic heterocycles. The molecule has 1 fully saturated rings. The summed E-state index contributed by atoms with van der Waals surface area (Å²) >= 11 is 1.51. The second kappa shape index (κ2) is 15.5. The zero-order valence-corrected chi connectivity index (χ0v) is 27.6. The lowest BCUT2D eigenvalue weighted by molar-refractivity contribution is -0.140. The summed E-state index contributed by atoms with van der Waals surface area (Å²) in [6.07, 6.45) is 6.28. The molecule has 10 heteroatoms. The topological polar surface area (TPSA) is 96.0 Å². The van der Waals surface area contributed by atoms with Crippen LogP contribution >= 0.6 is 11.8 Å². The van der Waals surface area contributed by atoms with E-state index in [1.807, 2.05) is 51.3 Å². The number of nitrogens with zero attached hydrogens (tertiary/aromatic N) is 2. The zero-order chi connectivity index (χ0) is 31.7. The first-order valence-electron chi connectivity index (χ1n) is 15.2. The fourth-order valence-corrected chi connectivity index (χ4v) is 7.46. The number of nitrogens with one attached hydrogen (secondary N) is 1. The predicted molar refractivity (Wildman–Crippen MR) is 177 cm³/mol. The summed E-state index contributed by atoms with van der Waals surface area (Å²) in [6.45, 7) is 5.65. The van der Waals surface area contributed by atoms with Gasteiger partial charge in [-0.05, 0) is 81.3 Å². The largest absolute Gasteiger partial charge is 0.492 e. The fraction of sp³-hybridized carbons (Fsp3) is 0.412. The standard InChI is InChI=1S/C34H43N3O5S2/c1-5-30(34(39)35-27-14-7-8-15-27)36(23-26-13-11-12-25(3)22-26)33(38)24-37(31-16-9-10-17-32(31)42-6-2)44(40,41)29-20-18-28(43-4)19-21-29/h9-13,16-22,27,30H,5-8,14-15,23-24H2,1-4H3,(H,35,39). The van der Waals surface area contributed by atoms with Crippen LogP contribution in [0.5, 0.6) is 5.75 Å². The Morgan fingerprint density at radius 2 is 1.70 bits per heavy atom. The molecular formula is C34H43N3O5S2. The Balaban J connectivity index is 1.75. The lowest BCUT2D eigenvalue weighted by atomic mass is 10.1. The Morgan fingerprint density at radius 3 is 2.34 bits per heavy atom. The number of hydrogen-bond acceptors (Lipinski definition) is 6. The van der Waals surface area contributed by atoms with Crippen molar-refractivity contribution in [1.82, 2.24) is 10.2 Å². The smallest absolute Gasteiger partial charge is 0.264 e. The summed E-state index contributed by atoms with van der Waals surface area (Å²) in [5.41, 5.74) is 2.15. The van der Waals surface area contributed by atoms with Gasteiger partial charge in [-0.2, -0.15) is 0 Å². The minimum Gasteiger partial charge on any atom is -0.492 e. The second-order valence-electron chi connectivity index (χ2n) is 11.0. The Morgan fingerprint density at radius 1 is 1.00 bits per heavy atom. The first-order chi connectivity index (χ1) is 21.2. The molecule has 3 aromatic rings. The third-order valence-corrected chi connectivity index (χ3v) is 10.4. The predicted octanol–water partition coefficient (Wildman–Crippen LogP) is 6.18. The molecule has 4 rings (SSSR count). The van der Waals surface area contributed by atoms with Gasteiger partial charge in [0, 0.05) is 17.5 Å². The van der Waals surface area contributed by atoms with Gasteiger partial charge in [0.2, 0.25) is 11.8 Å². The molecule has 1 aliphatic rings. The highest BCUT2D eigenvalue weighted by Gasteiger charge is 2.35. The number of carbonyl (C=O) groups excluding carboxylic acids is 2. The lowest BCUT2D eigenvalue weighted by Gasteiger charge is -2.34. The number of aryl methyl sites for hydroxylation is 1. The molecule has 236 valence electrons. The Labute approximate surface area is 266 Å². The number of thioether (sulfide) groups is 1. The van der Waals surface area contributed by atoms with E-state index in [9.17, 15) is 18.0 Å². The van der Waals surface area contributed by atoms with Crippen molar-refractivity contribution in [2.75, 3.05) is 23.7 Å². The summed E-state index contributed by atoms with van der Waals surface area (Å²) < 4.78 is 35.5. The zero-order valence-electron chi connectivity index (χ0n) is 26.0. The Kier molecular flexibility index (Phi) is 11.7. The molecule has 1 saturated carbocycles. The fourth-order valence-electron chi connectivity index (χ4n) is 5.62. The lowest BCUT2D eigenvalue weighted by Crippen LogP contribution is -2.53. The van der Waals surface area contributed by atoms with Gasteiger partial charge in [-0.3, -0.25) is 13.9 Å². The number of anilines is 1. The normalized spacial score (nSPS) is 14.2. The van der Waals surface area contributed by atoms with Crippen LogP contribution < -0.4 is 14.4 Å². The van der Waals surface area contributed by atoms with Gasteiger partial charge < -0.3 is 15.0 Å². The third kappa shape index (κ3) is 8.15. The highest BCUT2D eigenvalue weighted by atomic mass is 32.2. The minimum absolute atomic E-state index is 0.0608. The minimum atomic E-state index is -4.20. The molecule has 8 nitrogen and oxygen atoms in total. The Bertz CT molecular complexity index is 1520. The molecule has 0 heterocycles. The average Bonchev–Trinajstić information content (AvgIpc) is 3.53. The highest BCUT2D eigenvalue weighted by Crippen LogP contribution is 2.33. The van der Waals surface area contributed by atoms with Crippen LogP contribution in [0.15, 0.2) is 82.6 Å². The molecule has 1 atom stereocenters. The van der Waals surface area contributed by atoms with E-state index in [4.69, 9.17) is 4.74 Å². The van der Waals surface area contributed by atoms with Crippen molar-refractivity contribution < 1.29 is 22.7 Å². The maximum absolute atomic E-state index is 14.4. The average molecular weight is 638 g/mol. The van der Waals surface area contributed by atoms with Crippen LogP contribution in [-0.4, -0.2) is 56.6 Å². The number of carbonyl (C=O) groups is 2.